The van der Waals surface area contributed by atoms with Crippen LogP contribution in [0.1, 0.15) is 49.2 Å². The number of pyridine rings is 1. The summed E-state index contributed by atoms with van der Waals surface area (Å²) in [5.41, 5.74) is 1.78. The minimum atomic E-state index is -0.392. The van der Waals surface area contributed by atoms with E-state index in [0.29, 0.717) is 16.3 Å². The van der Waals surface area contributed by atoms with Crippen LogP contribution in [0.25, 0.3) is 0 Å². The molecule has 1 atom stereocenters. The third-order valence-corrected chi connectivity index (χ3v) is 4.05. The maximum Gasteiger partial charge on any atom is 0.319 e. The van der Waals surface area contributed by atoms with E-state index in [1.54, 1.807) is 30.6 Å². The third kappa shape index (κ3) is 5.46. The van der Waals surface area contributed by atoms with Crippen molar-refractivity contribution in [1.82, 2.24) is 15.6 Å². The molecule has 0 aliphatic rings. The van der Waals surface area contributed by atoms with Gasteiger partial charge in [-0.05, 0) is 56.2 Å². The predicted octanol–water partition coefficient (Wildman–Crippen LogP) is 4.15. The highest BCUT2D eigenvalue weighted by molar-refractivity contribution is 6.33. The molecule has 6 nitrogen and oxygen atoms in total. The van der Waals surface area contributed by atoms with E-state index in [2.05, 4.69) is 20.9 Å². The molecular weight excluding hydrogens is 352 g/mol. The molecule has 0 saturated heterocycles. The topological polar surface area (TPSA) is 83.1 Å². The number of amides is 3. The highest BCUT2D eigenvalue weighted by atomic mass is 35.5. The van der Waals surface area contributed by atoms with Gasteiger partial charge in [-0.2, -0.15) is 0 Å². The van der Waals surface area contributed by atoms with Crippen molar-refractivity contribution in [2.45, 2.75) is 39.3 Å². The summed E-state index contributed by atoms with van der Waals surface area (Å²) in [6, 6.07) is 7.97. The molecule has 7 heteroatoms. The number of benzene rings is 1. The summed E-state index contributed by atoms with van der Waals surface area (Å²) >= 11 is 6.16. The van der Waals surface area contributed by atoms with Gasteiger partial charge >= 0.3 is 6.03 Å². The fraction of sp³-hybridized carbons (Fsp3) is 0.316. The van der Waals surface area contributed by atoms with Gasteiger partial charge in [-0.1, -0.05) is 18.5 Å². The Morgan fingerprint density at radius 1 is 1.12 bits per heavy atom. The Hall–Kier alpha value is -2.60. The SMILES string of the molecule is CC[C@@H](NC(=O)Nc1cc(C(=O)NC(C)C)ccc1Cl)c1ccncc1. The quantitative estimate of drug-likeness (QED) is 0.710. The minimum absolute atomic E-state index is 0.0172. The highest BCUT2D eigenvalue weighted by Gasteiger charge is 2.15. The summed E-state index contributed by atoms with van der Waals surface area (Å²) < 4.78 is 0. The van der Waals surface area contributed by atoms with Crippen LogP contribution in [-0.4, -0.2) is 23.0 Å². The molecule has 3 amide bonds. The summed E-state index contributed by atoms with van der Waals surface area (Å²) in [7, 11) is 0. The lowest BCUT2D eigenvalue weighted by Crippen LogP contribution is -2.33. The number of hydrogen-bond acceptors (Lipinski definition) is 3. The molecule has 0 unspecified atom stereocenters. The number of halogens is 1. The molecule has 0 spiro atoms. The van der Waals surface area contributed by atoms with E-state index in [1.807, 2.05) is 32.9 Å². The van der Waals surface area contributed by atoms with E-state index < -0.39 is 6.03 Å². The monoisotopic (exact) mass is 374 g/mol. The predicted molar refractivity (Wildman–Crippen MR) is 103 cm³/mol. The third-order valence-electron chi connectivity index (χ3n) is 3.72. The van der Waals surface area contributed by atoms with Crippen molar-refractivity contribution < 1.29 is 9.59 Å². The number of urea groups is 1. The molecule has 2 rings (SSSR count). The van der Waals surface area contributed by atoms with Crippen LogP contribution in [0.2, 0.25) is 5.02 Å². The normalized spacial score (nSPS) is 11.7. The van der Waals surface area contributed by atoms with Gasteiger partial charge in [0.05, 0.1) is 16.8 Å². The number of carbonyl (C=O) groups is 2. The van der Waals surface area contributed by atoms with Gasteiger partial charge in [0.15, 0.2) is 0 Å². The molecule has 0 aliphatic carbocycles. The minimum Gasteiger partial charge on any atom is -0.350 e. The van der Waals surface area contributed by atoms with Gasteiger partial charge < -0.3 is 16.0 Å². The maximum atomic E-state index is 12.4. The van der Waals surface area contributed by atoms with Gasteiger partial charge in [0.25, 0.3) is 5.91 Å². The van der Waals surface area contributed by atoms with Gasteiger partial charge in [0.1, 0.15) is 0 Å². The Labute approximate surface area is 158 Å². The van der Waals surface area contributed by atoms with Crippen molar-refractivity contribution >= 4 is 29.2 Å². The molecule has 0 radical (unpaired) electrons. The number of rotatable bonds is 6. The Morgan fingerprint density at radius 3 is 2.42 bits per heavy atom. The average molecular weight is 375 g/mol. The standard InChI is InChI=1S/C19H23ClN4O2/c1-4-16(13-7-9-21-10-8-13)23-19(26)24-17-11-14(5-6-15(17)20)18(25)22-12(2)3/h5-12,16H,4H2,1-3H3,(H,22,25)(H2,23,24,26)/t16-/m1/s1. The number of nitrogens with zero attached hydrogens (tertiary/aromatic N) is 1. The summed E-state index contributed by atoms with van der Waals surface area (Å²) in [4.78, 5) is 28.5. The maximum absolute atomic E-state index is 12.4. The lowest BCUT2D eigenvalue weighted by atomic mass is 10.1. The van der Waals surface area contributed by atoms with Crippen molar-refractivity contribution in [3.8, 4) is 0 Å². The first-order valence-corrected chi connectivity index (χ1v) is 8.86. The first-order chi connectivity index (χ1) is 12.4. The van der Waals surface area contributed by atoms with E-state index in [1.165, 1.54) is 0 Å². The van der Waals surface area contributed by atoms with Crippen LogP contribution in [0.3, 0.4) is 0 Å². The van der Waals surface area contributed by atoms with Gasteiger partial charge in [-0.25, -0.2) is 4.79 Å². The van der Waals surface area contributed by atoms with Crippen LogP contribution in [0.4, 0.5) is 10.5 Å². The Bertz CT molecular complexity index is 765. The average Bonchev–Trinajstić information content (AvgIpc) is 2.61. The molecule has 26 heavy (non-hydrogen) atoms. The molecule has 1 aromatic heterocycles. The second kappa shape index (κ2) is 9.20. The zero-order chi connectivity index (χ0) is 19.1. The number of hydrogen-bond donors (Lipinski definition) is 3. The molecule has 3 N–H and O–H groups in total. The van der Waals surface area contributed by atoms with Gasteiger partial charge in [0.2, 0.25) is 0 Å². The van der Waals surface area contributed by atoms with E-state index in [4.69, 9.17) is 11.6 Å². The number of aromatic nitrogens is 1. The fourth-order valence-electron chi connectivity index (χ4n) is 2.44. The van der Waals surface area contributed by atoms with Gasteiger partial charge in [0, 0.05) is 24.0 Å². The van der Waals surface area contributed by atoms with Crippen molar-refractivity contribution in [1.29, 1.82) is 0 Å². The number of nitrogens with one attached hydrogen (secondary N) is 3. The number of anilines is 1. The smallest absolute Gasteiger partial charge is 0.319 e. The van der Waals surface area contributed by atoms with Crippen molar-refractivity contribution in [3.05, 3.63) is 58.9 Å². The summed E-state index contributed by atoms with van der Waals surface area (Å²) in [6.45, 7) is 5.74. The van der Waals surface area contributed by atoms with Gasteiger partial charge in [-0.3, -0.25) is 9.78 Å². The zero-order valence-corrected chi connectivity index (χ0v) is 15.8. The second-order valence-electron chi connectivity index (χ2n) is 6.16. The Morgan fingerprint density at radius 2 is 1.81 bits per heavy atom. The lowest BCUT2D eigenvalue weighted by Gasteiger charge is -2.18. The fourth-order valence-corrected chi connectivity index (χ4v) is 2.61. The first-order valence-electron chi connectivity index (χ1n) is 8.48. The van der Waals surface area contributed by atoms with Crippen LogP contribution in [0.5, 0.6) is 0 Å². The zero-order valence-electron chi connectivity index (χ0n) is 15.0. The molecular formula is C19H23ClN4O2. The molecule has 0 aliphatic heterocycles. The van der Waals surface area contributed by atoms with E-state index >= 15 is 0 Å². The van der Waals surface area contributed by atoms with Crippen LogP contribution >= 0.6 is 11.6 Å². The van der Waals surface area contributed by atoms with Gasteiger partial charge in [-0.15, -0.1) is 0 Å². The van der Waals surface area contributed by atoms with Crippen LogP contribution in [0, 0.1) is 0 Å². The van der Waals surface area contributed by atoms with Crippen LogP contribution in [-0.2, 0) is 0 Å². The molecule has 1 aromatic carbocycles. The molecule has 0 saturated carbocycles. The highest BCUT2D eigenvalue weighted by Crippen LogP contribution is 2.24. The van der Waals surface area contributed by atoms with Crippen LogP contribution < -0.4 is 16.0 Å². The first kappa shape index (κ1) is 19.7. The van der Waals surface area contributed by atoms with E-state index in [9.17, 15) is 9.59 Å². The van der Waals surface area contributed by atoms with Crippen LogP contribution in [0.15, 0.2) is 42.7 Å². The summed E-state index contributed by atoms with van der Waals surface area (Å²) in [5.74, 6) is -0.219. The molecule has 0 bridgehead atoms. The van der Waals surface area contributed by atoms with Crippen molar-refractivity contribution in [3.63, 3.8) is 0 Å². The molecule has 138 valence electrons. The van der Waals surface area contributed by atoms with Crippen molar-refractivity contribution in [2.75, 3.05) is 5.32 Å². The summed E-state index contributed by atoms with van der Waals surface area (Å²) in [5, 5.41) is 8.78. The largest absolute Gasteiger partial charge is 0.350 e. The molecule has 2 aromatic rings. The second-order valence-corrected chi connectivity index (χ2v) is 6.57. The Kier molecular flexibility index (Phi) is 6.97. The van der Waals surface area contributed by atoms with Crippen molar-refractivity contribution in [2.24, 2.45) is 0 Å². The lowest BCUT2D eigenvalue weighted by molar-refractivity contribution is 0.0943. The number of carbonyl (C=O) groups excluding carboxylic acids is 2. The molecule has 1 heterocycles. The van der Waals surface area contributed by atoms with E-state index in [-0.39, 0.29) is 18.0 Å². The van der Waals surface area contributed by atoms with E-state index in [0.717, 1.165) is 12.0 Å². The molecule has 0 fully saturated rings. The Balaban J connectivity index is 2.09. The summed E-state index contributed by atoms with van der Waals surface area (Å²) in [6.07, 6.45) is 4.10.